The van der Waals surface area contributed by atoms with Crippen molar-refractivity contribution in [3.8, 4) is 5.75 Å². The Balaban J connectivity index is 2.61. The van der Waals surface area contributed by atoms with E-state index in [9.17, 15) is 18.3 Å². The fraction of sp³-hybridized carbons (Fsp3) is 0.417. The minimum Gasteiger partial charge on any atom is -0.508 e. The summed E-state index contributed by atoms with van der Waals surface area (Å²) in [6.07, 6.45) is 1.17. The van der Waals surface area contributed by atoms with Crippen LogP contribution in [0.25, 0.3) is 0 Å². The quantitative estimate of drug-likeness (QED) is 0.679. The highest BCUT2D eigenvalue weighted by atomic mass is 32.2. The molecule has 0 fully saturated rings. The molecule has 0 aromatic heterocycles. The van der Waals surface area contributed by atoms with Crippen LogP contribution in [0.3, 0.4) is 0 Å². The molecule has 4 N–H and O–H groups in total. The van der Waals surface area contributed by atoms with Crippen LogP contribution < -0.4 is 11.1 Å². The zero-order valence-corrected chi connectivity index (χ0v) is 11.7. The van der Waals surface area contributed by atoms with Gasteiger partial charge in [0.05, 0.1) is 11.8 Å². The zero-order valence-electron chi connectivity index (χ0n) is 10.9. The predicted molar refractivity (Wildman–Crippen MR) is 73.8 cm³/mol. The van der Waals surface area contributed by atoms with E-state index in [1.165, 1.54) is 6.07 Å². The third kappa shape index (κ3) is 5.27. The number of nitrogens with one attached hydrogen (secondary N) is 1. The number of anilines is 1. The summed E-state index contributed by atoms with van der Waals surface area (Å²) in [6, 6.07) is 3.73. The number of rotatable bonds is 5. The molecule has 0 aliphatic carbocycles. The monoisotopic (exact) mass is 286 g/mol. The summed E-state index contributed by atoms with van der Waals surface area (Å²) in [4.78, 5) is 11.7. The van der Waals surface area contributed by atoms with Crippen molar-refractivity contribution >= 4 is 21.4 Å². The minimum absolute atomic E-state index is 0.0712. The lowest BCUT2D eigenvalue weighted by Gasteiger charge is -2.12. The Morgan fingerprint density at radius 2 is 2.11 bits per heavy atom. The molecule has 6 nitrogen and oxygen atoms in total. The average Bonchev–Trinajstić information content (AvgIpc) is 2.29. The molecule has 106 valence electrons. The van der Waals surface area contributed by atoms with Crippen molar-refractivity contribution in [3.05, 3.63) is 23.8 Å². The molecular weight excluding hydrogens is 268 g/mol. The molecule has 1 aromatic rings. The molecule has 0 heterocycles. The second kappa shape index (κ2) is 6.03. The maximum atomic E-state index is 11.7. The Morgan fingerprint density at radius 1 is 1.47 bits per heavy atom. The van der Waals surface area contributed by atoms with Gasteiger partial charge in [0.2, 0.25) is 5.91 Å². The molecule has 1 amide bonds. The summed E-state index contributed by atoms with van der Waals surface area (Å²) in [7, 11) is -3.13. The van der Waals surface area contributed by atoms with E-state index in [4.69, 9.17) is 5.73 Å². The number of phenolic OH excluding ortho intramolecular Hbond substituents is 1. The number of amides is 1. The van der Waals surface area contributed by atoms with Gasteiger partial charge in [-0.3, -0.25) is 4.79 Å². The van der Waals surface area contributed by atoms with Crippen LogP contribution in [0.5, 0.6) is 5.75 Å². The van der Waals surface area contributed by atoms with Gasteiger partial charge in [0, 0.05) is 11.9 Å². The number of sulfone groups is 1. The first kappa shape index (κ1) is 15.5. The third-order valence-corrected chi connectivity index (χ3v) is 3.58. The Kier molecular flexibility index (Phi) is 4.90. The molecule has 1 rings (SSSR count). The summed E-state index contributed by atoms with van der Waals surface area (Å²) in [5.74, 6) is -0.441. The first-order valence-electron chi connectivity index (χ1n) is 5.73. The van der Waals surface area contributed by atoms with Gasteiger partial charge in [-0.25, -0.2) is 8.42 Å². The molecule has 1 atom stereocenters. The van der Waals surface area contributed by atoms with Crippen molar-refractivity contribution in [2.75, 3.05) is 17.3 Å². The summed E-state index contributed by atoms with van der Waals surface area (Å²) in [5, 5.41) is 11.9. The lowest BCUT2D eigenvalue weighted by molar-refractivity contribution is -0.117. The summed E-state index contributed by atoms with van der Waals surface area (Å²) >= 11 is 0. The fourth-order valence-corrected chi connectivity index (χ4v) is 2.12. The molecule has 0 radical (unpaired) electrons. The molecular formula is C12H18N2O4S. The number of hydrogen-bond acceptors (Lipinski definition) is 5. The van der Waals surface area contributed by atoms with Crippen molar-refractivity contribution < 1.29 is 18.3 Å². The first-order valence-corrected chi connectivity index (χ1v) is 7.79. The molecule has 0 saturated heterocycles. The number of phenols is 1. The van der Waals surface area contributed by atoms with Gasteiger partial charge in [0.1, 0.15) is 15.6 Å². The number of aromatic hydroxyl groups is 1. The SMILES string of the molecule is Cc1cc(NC(=O)C(N)CCS(C)(=O)=O)ccc1O. The Hall–Kier alpha value is -1.60. The topological polar surface area (TPSA) is 109 Å². The molecule has 0 aliphatic rings. The second-order valence-corrected chi connectivity index (χ2v) is 6.78. The minimum atomic E-state index is -3.13. The first-order chi connectivity index (χ1) is 8.69. The maximum Gasteiger partial charge on any atom is 0.241 e. The van der Waals surface area contributed by atoms with E-state index in [0.717, 1.165) is 6.26 Å². The van der Waals surface area contributed by atoms with Crippen LogP contribution in [-0.4, -0.2) is 37.5 Å². The third-order valence-electron chi connectivity index (χ3n) is 2.60. The highest BCUT2D eigenvalue weighted by Gasteiger charge is 2.16. The van der Waals surface area contributed by atoms with E-state index >= 15 is 0 Å². The molecule has 1 unspecified atom stereocenters. The Labute approximate surface area is 112 Å². The smallest absolute Gasteiger partial charge is 0.241 e. The molecule has 0 saturated carbocycles. The zero-order chi connectivity index (χ0) is 14.6. The standard InChI is InChI=1S/C12H18N2O4S/c1-8-7-9(3-4-11(8)15)14-12(16)10(13)5-6-19(2,17)18/h3-4,7,10,15H,5-6,13H2,1-2H3,(H,14,16). The number of hydrogen-bond donors (Lipinski definition) is 3. The average molecular weight is 286 g/mol. The van der Waals surface area contributed by atoms with Crippen molar-refractivity contribution in [3.63, 3.8) is 0 Å². The number of benzene rings is 1. The lowest BCUT2D eigenvalue weighted by atomic mass is 10.2. The molecule has 1 aromatic carbocycles. The molecule has 0 bridgehead atoms. The van der Waals surface area contributed by atoms with E-state index in [-0.39, 0.29) is 17.9 Å². The Morgan fingerprint density at radius 3 is 2.63 bits per heavy atom. The van der Waals surface area contributed by atoms with Gasteiger partial charge >= 0.3 is 0 Å². The van der Waals surface area contributed by atoms with Gasteiger partial charge in [-0.05, 0) is 37.1 Å². The number of nitrogens with two attached hydrogens (primary N) is 1. The van der Waals surface area contributed by atoms with Gasteiger partial charge in [-0.1, -0.05) is 0 Å². The summed E-state index contributed by atoms with van der Waals surface area (Å²) in [6.45, 7) is 1.70. The van der Waals surface area contributed by atoms with Crippen molar-refractivity contribution in [2.45, 2.75) is 19.4 Å². The van der Waals surface area contributed by atoms with Crippen LogP contribution in [0, 0.1) is 6.92 Å². The highest BCUT2D eigenvalue weighted by molar-refractivity contribution is 7.90. The maximum absolute atomic E-state index is 11.7. The summed E-state index contributed by atoms with van der Waals surface area (Å²) < 4.78 is 22.0. The molecule has 0 aliphatic heterocycles. The van der Waals surface area contributed by atoms with Crippen LogP contribution in [0.15, 0.2) is 18.2 Å². The van der Waals surface area contributed by atoms with Gasteiger partial charge in [-0.15, -0.1) is 0 Å². The van der Waals surface area contributed by atoms with Gasteiger partial charge in [0.25, 0.3) is 0 Å². The number of carbonyl (C=O) groups is 1. The van der Waals surface area contributed by atoms with Crippen molar-refractivity contribution in [2.24, 2.45) is 5.73 Å². The van der Waals surface area contributed by atoms with E-state index in [1.54, 1.807) is 19.1 Å². The van der Waals surface area contributed by atoms with E-state index in [2.05, 4.69) is 5.32 Å². The van der Waals surface area contributed by atoms with E-state index < -0.39 is 21.8 Å². The largest absolute Gasteiger partial charge is 0.508 e. The van der Waals surface area contributed by atoms with Crippen LogP contribution in [0.2, 0.25) is 0 Å². The van der Waals surface area contributed by atoms with Crippen LogP contribution in [-0.2, 0) is 14.6 Å². The van der Waals surface area contributed by atoms with E-state index in [0.29, 0.717) is 11.3 Å². The molecule has 7 heteroatoms. The van der Waals surface area contributed by atoms with Crippen LogP contribution >= 0.6 is 0 Å². The van der Waals surface area contributed by atoms with Gasteiger partial charge in [0.15, 0.2) is 0 Å². The van der Waals surface area contributed by atoms with E-state index in [1.807, 2.05) is 0 Å². The van der Waals surface area contributed by atoms with Crippen molar-refractivity contribution in [1.29, 1.82) is 0 Å². The lowest BCUT2D eigenvalue weighted by Crippen LogP contribution is -2.37. The predicted octanol–water partition coefficient (Wildman–Crippen LogP) is 0.401. The van der Waals surface area contributed by atoms with Crippen LogP contribution in [0.1, 0.15) is 12.0 Å². The Bertz CT molecular complexity index is 569. The van der Waals surface area contributed by atoms with Crippen LogP contribution in [0.4, 0.5) is 5.69 Å². The van der Waals surface area contributed by atoms with Gasteiger partial charge < -0.3 is 16.2 Å². The summed E-state index contributed by atoms with van der Waals surface area (Å²) in [5.41, 5.74) is 6.75. The molecule has 0 spiro atoms. The molecule has 19 heavy (non-hydrogen) atoms. The normalized spacial score (nSPS) is 13.0. The van der Waals surface area contributed by atoms with Gasteiger partial charge in [-0.2, -0.15) is 0 Å². The van der Waals surface area contributed by atoms with Crippen molar-refractivity contribution in [1.82, 2.24) is 0 Å². The number of carbonyl (C=O) groups excluding carboxylic acids is 1. The fourth-order valence-electron chi connectivity index (χ4n) is 1.44. The second-order valence-electron chi connectivity index (χ2n) is 4.52. The number of aryl methyl sites for hydroxylation is 1. The highest BCUT2D eigenvalue weighted by Crippen LogP contribution is 2.20.